The van der Waals surface area contributed by atoms with Crippen LogP contribution in [0.1, 0.15) is 38.2 Å². The molecule has 7 nitrogen and oxygen atoms in total. The standard InChI is InChI=1S/C23H26ClN3O4S/c1-16(2)31-19-3-5-20(6-4-19)32(29,30)27-9-7-17(8-10-27)22-15-26(11-12-28)23-21(22)13-18(24)14-25-23/h3-6,12-17H,7-11H2,1-2H3. The summed E-state index contributed by atoms with van der Waals surface area (Å²) in [5, 5.41) is 1.45. The fraction of sp³-hybridized carbons (Fsp3) is 0.391. The topological polar surface area (TPSA) is 81.5 Å². The molecule has 0 N–H and O–H groups in total. The summed E-state index contributed by atoms with van der Waals surface area (Å²) >= 11 is 6.17. The van der Waals surface area contributed by atoms with Crippen molar-refractivity contribution in [2.45, 2.75) is 50.2 Å². The van der Waals surface area contributed by atoms with E-state index in [1.165, 1.54) is 4.31 Å². The van der Waals surface area contributed by atoms with Gasteiger partial charge in [0.1, 0.15) is 17.7 Å². The van der Waals surface area contributed by atoms with Gasteiger partial charge in [0.05, 0.1) is 22.6 Å². The van der Waals surface area contributed by atoms with Gasteiger partial charge in [0.15, 0.2) is 0 Å². The van der Waals surface area contributed by atoms with Crippen molar-refractivity contribution in [2.24, 2.45) is 0 Å². The maximum absolute atomic E-state index is 13.1. The second-order valence-corrected chi connectivity index (χ2v) is 10.6. The fourth-order valence-electron chi connectivity index (χ4n) is 4.24. The van der Waals surface area contributed by atoms with Crippen LogP contribution in [0, 0.1) is 0 Å². The van der Waals surface area contributed by atoms with Crippen LogP contribution in [-0.2, 0) is 21.4 Å². The van der Waals surface area contributed by atoms with Crippen LogP contribution in [0.2, 0.25) is 5.02 Å². The van der Waals surface area contributed by atoms with E-state index in [0.29, 0.717) is 36.7 Å². The van der Waals surface area contributed by atoms with Crippen molar-refractivity contribution in [2.75, 3.05) is 13.1 Å². The second-order valence-electron chi connectivity index (χ2n) is 8.24. The lowest BCUT2D eigenvalue weighted by Crippen LogP contribution is -2.37. The number of carbonyl (C=O) groups excluding carboxylic acids is 1. The number of fused-ring (bicyclic) bond motifs is 1. The summed E-state index contributed by atoms with van der Waals surface area (Å²) in [4.78, 5) is 15.7. The summed E-state index contributed by atoms with van der Waals surface area (Å²) in [5.41, 5.74) is 1.78. The predicted octanol–water partition coefficient (Wildman–Crippen LogP) is 4.24. The molecule has 0 saturated carbocycles. The monoisotopic (exact) mass is 475 g/mol. The van der Waals surface area contributed by atoms with E-state index in [-0.39, 0.29) is 23.5 Å². The van der Waals surface area contributed by atoms with E-state index in [9.17, 15) is 13.2 Å². The number of aromatic nitrogens is 2. The first kappa shape index (κ1) is 22.8. The minimum absolute atomic E-state index is 0.0269. The minimum atomic E-state index is -3.57. The predicted molar refractivity (Wildman–Crippen MR) is 124 cm³/mol. The molecule has 1 saturated heterocycles. The lowest BCUT2D eigenvalue weighted by atomic mass is 9.90. The molecule has 1 aliphatic rings. The van der Waals surface area contributed by atoms with Gasteiger partial charge in [-0.2, -0.15) is 4.31 Å². The molecule has 1 aliphatic heterocycles. The highest BCUT2D eigenvalue weighted by Gasteiger charge is 2.31. The van der Waals surface area contributed by atoms with Crippen molar-refractivity contribution in [1.29, 1.82) is 0 Å². The molecule has 0 aliphatic carbocycles. The molecule has 0 atom stereocenters. The number of pyridine rings is 1. The lowest BCUT2D eigenvalue weighted by Gasteiger charge is -2.31. The Hall–Kier alpha value is -2.42. The Morgan fingerprint density at radius 2 is 1.91 bits per heavy atom. The number of ether oxygens (including phenoxy) is 1. The molecule has 4 rings (SSSR count). The molecule has 0 radical (unpaired) electrons. The van der Waals surface area contributed by atoms with E-state index in [0.717, 1.165) is 22.9 Å². The van der Waals surface area contributed by atoms with E-state index in [1.54, 1.807) is 30.5 Å². The van der Waals surface area contributed by atoms with Gasteiger partial charge in [0.2, 0.25) is 10.0 Å². The van der Waals surface area contributed by atoms with Gasteiger partial charge in [-0.15, -0.1) is 0 Å². The van der Waals surface area contributed by atoms with E-state index < -0.39 is 10.0 Å². The zero-order valence-corrected chi connectivity index (χ0v) is 19.6. The molecular weight excluding hydrogens is 450 g/mol. The van der Waals surface area contributed by atoms with Crippen molar-refractivity contribution in [1.82, 2.24) is 13.9 Å². The molecule has 0 spiro atoms. The van der Waals surface area contributed by atoms with Crippen LogP contribution in [0.15, 0.2) is 47.6 Å². The highest BCUT2D eigenvalue weighted by molar-refractivity contribution is 7.89. The van der Waals surface area contributed by atoms with Gasteiger partial charge >= 0.3 is 0 Å². The molecule has 0 unspecified atom stereocenters. The normalized spacial score (nSPS) is 16.0. The summed E-state index contributed by atoms with van der Waals surface area (Å²) in [6.07, 6.45) is 5.75. The zero-order chi connectivity index (χ0) is 22.9. The maximum atomic E-state index is 13.1. The molecule has 2 aromatic heterocycles. The third-order valence-corrected chi connectivity index (χ3v) is 7.83. The summed E-state index contributed by atoms with van der Waals surface area (Å²) in [6, 6.07) is 8.45. The third-order valence-electron chi connectivity index (χ3n) is 5.71. The Balaban J connectivity index is 1.52. The summed E-state index contributed by atoms with van der Waals surface area (Å²) in [6.45, 7) is 4.91. The van der Waals surface area contributed by atoms with Gasteiger partial charge < -0.3 is 14.1 Å². The first-order valence-corrected chi connectivity index (χ1v) is 12.5. The zero-order valence-electron chi connectivity index (χ0n) is 18.1. The third kappa shape index (κ3) is 4.53. The molecule has 3 aromatic rings. The lowest BCUT2D eigenvalue weighted by molar-refractivity contribution is -0.108. The Bertz CT molecular complexity index is 1210. The molecule has 170 valence electrons. The van der Waals surface area contributed by atoms with E-state index in [4.69, 9.17) is 16.3 Å². The van der Waals surface area contributed by atoms with Crippen LogP contribution in [-0.4, -0.2) is 47.8 Å². The van der Waals surface area contributed by atoms with Crippen molar-refractivity contribution >= 4 is 38.9 Å². The second kappa shape index (κ2) is 9.21. The molecule has 0 bridgehead atoms. The van der Waals surface area contributed by atoms with Crippen molar-refractivity contribution < 1.29 is 17.9 Å². The highest BCUT2D eigenvalue weighted by Crippen LogP contribution is 2.36. The van der Waals surface area contributed by atoms with Gasteiger partial charge in [0, 0.05) is 30.9 Å². The van der Waals surface area contributed by atoms with Crippen LogP contribution in [0.5, 0.6) is 5.75 Å². The summed E-state index contributed by atoms with van der Waals surface area (Å²) < 4.78 is 35.2. The maximum Gasteiger partial charge on any atom is 0.243 e. The number of carbonyl (C=O) groups is 1. The summed E-state index contributed by atoms with van der Waals surface area (Å²) in [5.74, 6) is 0.815. The number of aldehydes is 1. The number of nitrogens with zero attached hydrogens (tertiary/aromatic N) is 3. The van der Waals surface area contributed by atoms with Crippen LogP contribution >= 0.6 is 11.6 Å². The highest BCUT2D eigenvalue weighted by atomic mass is 35.5. The quantitative estimate of drug-likeness (QED) is 0.477. The Morgan fingerprint density at radius 1 is 1.22 bits per heavy atom. The van der Waals surface area contributed by atoms with Crippen LogP contribution in [0.25, 0.3) is 11.0 Å². The summed E-state index contributed by atoms with van der Waals surface area (Å²) in [7, 11) is -3.57. The van der Waals surface area contributed by atoms with Crippen LogP contribution < -0.4 is 4.74 Å². The largest absolute Gasteiger partial charge is 0.491 e. The van der Waals surface area contributed by atoms with Crippen molar-refractivity contribution in [3.63, 3.8) is 0 Å². The van der Waals surface area contributed by atoms with Gasteiger partial charge in [0.25, 0.3) is 0 Å². The number of halogens is 1. The Kier molecular flexibility index (Phi) is 6.55. The molecule has 1 fully saturated rings. The van der Waals surface area contributed by atoms with Gasteiger partial charge in [-0.3, -0.25) is 0 Å². The molecule has 1 aromatic carbocycles. The average molecular weight is 476 g/mol. The van der Waals surface area contributed by atoms with Gasteiger partial charge in [-0.05, 0) is 68.5 Å². The minimum Gasteiger partial charge on any atom is -0.491 e. The van der Waals surface area contributed by atoms with Crippen LogP contribution in [0.4, 0.5) is 0 Å². The van der Waals surface area contributed by atoms with E-state index in [2.05, 4.69) is 4.98 Å². The number of sulfonamides is 1. The van der Waals surface area contributed by atoms with Crippen molar-refractivity contribution in [3.05, 3.63) is 53.3 Å². The fourth-order valence-corrected chi connectivity index (χ4v) is 5.86. The van der Waals surface area contributed by atoms with Gasteiger partial charge in [-0.25, -0.2) is 13.4 Å². The number of rotatable bonds is 7. The Labute approximate surface area is 193 Å². The SMILES string of the molecule is CC(C)Oc1ccc(S(=O)(=O)N2CCC(c3cn(CC=O)c4ncc(Cl)cc34)CC2)cc1. The average Bonchev–Trinajstić information content (AvgIpc) is 3.11. The molecule has 3 heterocycles. The van der Waals surface area contributed by atoms with Crippen LogP contribution in [0.3, 0.4) is 0 Å². The molecular formula is C23H26ClN3O4S. The smallest absolute Gasteiger partial charge is 0.243 e. The number of piperidine rings is 1. The van der Waals surface area contributed by atoms with E-state index in [1.807, 2.05) is 30.7 Å². The number of benzene rings is 1. The van der Waals surface area contributed by atoms with Gasteiger partial charge in [-0.1, -0.05) is 11.6 Å². The first-order valence-electron chi connectivity index (χ1n) is 10.6. The molecule has 9 heteroatoms. The number of hydrogen-bond acceptors (Lipinski definition) is 5. The molecule has 32 heavy (non-hydrogen) atoms. The number of hydrogen-bond donors (Lipinski definition) is 0. The first-order chi connectivity index (χ1) is 15.3. The van der Waals surface area contributed by atoms with E-state index >= 15 is 0 Å². The molecule has 0 amide bonds. The Morgan fingerprint density at radius 3 is 2.53 bits per heavy atom. The van der Waals surface area contributed by atoms with Crippen molar-refractivity contribution in [3.8, 4) is 5.75 Å².